The van der Waals surface area contributed by atoms with Gasteiger partial charge in [-0.2, -0.15) is 20.4 Å². The topological polar surface area (TPSA) is 185 Å². The first kappa shape index (κ1) is 18.8. The minimum Gasteiger partial charge on any atom is -0.724 e. The molecule has 0 unspecified atom stereocenters. The quantitative estimate of drug-likeness (QED) is 0.224. The van der Waals surface area contributed by atoms with E-state index in [2.05, 4.69) is 20.4 Å². The van der Waals surface area contributed by atoms with E-state index in [1.807, 2.05) is 0 Å². The minimum atomic E-state index is -4.63. The van der Waals surface area contributed by atoms with Gasteiger partial charge >= 0.3 is 16.5 Å². The normalized spacial score (nSPS) is 10.8. The average Bonchev–Trinajstić information content (AvgIpc) is 1.86. The molecule has 0 amide bonds. The molecule has 0 aliphatic rings. The summed E-state index contributed by atoms with van der Waals surface area (Å²) in [5, 5.41) is 0. The van der Waals surface area contributed by atoms with Crippen LogP contribution in [-0.2, 0) is 45.9 Å². The van der Waals surface area contributed by atoms with Crippen molar-refractivity contribution in [1.29, 1.82) is 0 Å². The van der Waals surface area contributed by atoms with Crippen LogP contribution in [0.3, 0.4) is 0 Å². The van der Waals surface area contributed by atoms with E-state index in [-0.39, 0.29) is 16.5 Å². The first-order chi connectivity index (χ1) is 5.12. The van der Waals surface area contributed by atoms with Crippen molar-refractivity contribution >= 4 is 20.8 Å². The summed E-state index contributed by atoms with van der Waals surface area (Å²) in [5.74, 6) is 7.81. The maximum Gasteiger partial charge on any atom is 2.00 e. The summed E-state index contributed by atoms with van der Waals surface area (Å²) in [6.45, 7) is 0. The van der Waals surface area contributed by atoms with Crippen LogP contribution in [0, 0.1) is 0 Å². The molecule has 0 saturated carbocycles. The molecule has 0 saturated heterocycles. The fraction of sp³-hybridized carbons (Fsp3) is 0. The van der Waals surface area contributed by atoms with Crippen LogP contribution in [0.15, 0.2) is 0 Å². The van der Waals surface area contributed by atoms with E-state index < -0.39 is 20.8 Å². The summed E-state index contributed by atoms with van der Waals surface area (Å²) in [7, 11) is -9.27. The molecule has 4 N–H and O–H groups in total. The molecule has 0 aliphatic heterocycles. The number of rotatable bonds is 2. The van der Waals surface area contributed by atoms with Crippen LogP contribution in [-0.4, -0.2) is 25.9 Å². The van der Waals surface area contributed by atoms with Crippen molar-refractivity contribution in [1.82, 2.24) is 0 Å². The second kappa shape index (κ2) is 7.55. The van der Waals surface area contributed by atoms with Crippen molar-refractivity contribution in [2.24, 2.45) is 11.8 Å². The van der Waals surface area contributed by atoms with Gasteiger partial charge in [0.25, 0.3) is 0 Å². The van der Waals surface area contributed by atoms with Crippen LogP contribution in [0.4, 0.5) is 0 Å². The molecule has 0 bridgehead atoms. The molecule has 10 nitrogen and oxygen atoms in total. The summed E-state index contributed by atoms with van der Waals surface area (Å²) < 4.78 is 60.3. The van der Waals surface area contributed by atoms with Gasteiger partial charge < -0.3 is 9.11 Å². The molecule has 0 radical (unpaired) electrons. The van der Waals surface area contributed by atoms with Crippen molar-refractivity contribution in [3.8, 4) is 0 Å². The Bertz CT molecular complexity index is 256. The molecule has 0 atom stereocenters. The van der Waals surface area contributed by atoms with Crippen molar-refractivity contribution < 1.29 is 51.0 Å². The van der Waals surface area contributed by atoms with Gasteiger partial charge in [-0.15, -0.1) is 0 Å². The van der Waals surface area contributed by atoms with Gasteiger partial charge in [0.1, 0.15) is 0 Å². The van der Waals surface area contributed by atoms with Gasteiger partial charge in [-0.05, 0) is 0 Å². The van der Waals surface area contributed by atoms with Gasteiger partial charge in [0.05, 0.1) is 0 Å². The predicted molar refractivity (Wildman–Crippen MR) is 29.9 cm³/mol. The van der Waals surface area contributed by atoms with Crippen molar-refractivity contribution in [3.63, 3.8) is 0 Å². The molecule has 0 aromatic carbocycles. The molecule has 13 heteroatoms. The van der Waals surface area contributed by atoms with Crippen LogP contribution >= 0.6 is 0 Å². The van der Waals surface area contributed by atoms with Crippen LogP contribution in [0.2, 0.25) is 0 Å². The zero-order valence-electron chi connectivity index (χ0n) is 5.55. The Labute approximate surface area is 83.9 Å². The smallest absolute Gasteiger partial charge is 0.724 e. The Morgan fingerprint density at radius 3 is 0.923 bits per heavy atom. The fourth-order valence-electron chi connectivity index (χ4n) is 0. The molecule has 13 heavy (non-hydrogen) atoms. The van der Waals surface area contributed by atoms with Crippen molar-refractivity contribution in [2.45, 2.75) is 0 Å². The maximum absolute atomic E-state index is 9.10. The molecule has 0 heterocycles. The third-order valence-electron chi connectivity index (χ3n) is 0.236. The van der Waals surface area contributed by atoms with Crippen LogP contribution in [0.1, 0.15) is 0 Å². The van der Waals surface area contributed by atoms with Crippen molar-refractivity contribution in [3.05, 3.63) is 0 Å². The second-order valence-corrected chi connectivity index (χ2v) is 3.03. The molecule has 0 aromatic heterocycles. The van der Waals surface area contributed by atoms with Crippen LogP contribution in [0.5, 0.6) is 0 Å². The summed E-state index contributed by atoms with van der Waals surface area (Å²) in [6.07, 6.45) is 0. The molecule has 84 valence electrons. The van der Waals surface area contributed by atoms with Crippen LogP contribution < -0.4 is 11.8 Å². The van der Waals surface area contributed by atoms with Gasteiger partial charge in [0.15, 0.2) is 0 Å². The zero-order chi connectivity index (χ0) is 10.4. The standard InChI is InChI=1S/2H3NO4S.Ni/c2*1-5-6(2,3)4;/h2*1H2,(H,2,3,4);/q;;+2/p-2. The van der Waals surface area contributed by atoms with Gasteiger partial charge in [-0.25, -0.2) is 16.8 Å². The van der Waals surface area contributed by atoms with Gasteiger partial charge in [0, 0.05) is 0 Å². The Morgan fingerprint density at radius 2 is 0.923 bits per heavy atom. The van der Waals surface area contributed by atoms with Gasteiger partial charge in [0.2, 0.25) is 20.8 Å². The first-order valence-corrected chi connectivity index (χ1v) is 4.47. The van der Waals surface area contributed by atoms with E-state index in [4.69, 9.17) is 25.9 Å². The summed E-state index contributed by atoms with van der Waals surface area (Å²) in [6, 6.07) is 0. The summed E-state index contributed by atoms with van der Waals surface area (Å²) >= 11 is 0. The molecule has 0 aliphatic carbocycles. The van der Waals surface area contributed by atoms with E-state index in [0.717, 1.165) is 0 Å². The Kier molecular flexibility index (Phi) is 10.9. The molecule has 0 aromatic rings. The van der Waals surface area contributed by atoms with E-state index >= 15 is 0 Å². The third kappa shape index (κ3) is 33.1. The van der Waals surface area contributed by atoms with E-state index in [1.54, 1.807) is 0 Å². The van der Waals surface area contributed by atoms with Gasteiger partial charge in [-0.3, -0.25) is 0 Å². The SMILES string of the molecule is NOS(=O)(=O)[O-].NOS(=O)(=O)[O-].[Ni+2]. The molecular formula is H4N2NiO8S2. The molecule has 0 rings (SSSR count). The molecular weight excluding hydrogens is 279 g/mol. The molecule has 0 fully saturated rings. The Hall–Kier alpha value is 0.154. The van der Waals surface area contributed by atoms with Crippen molar-refractivity contribution in [2.75, 3.05) is 0 Å². The number of hydrogen-bond donors (Lipinski definition) is 2. The van der Waals surface area contributed by atoms with E-state index in [0.29, 0.717) is 0 Å². The summed E-state index contributed by atoms with van der Waals surface area (Å²) in [5.41, 5.74) is 0. The fourth-order valence-corrected chi connectivity index (χ4v) is 0. The Balaban J connectivity index is -0.000000143. The third-order valence-corrected chi connectivity index (χ3v) is 0.707. The number of hydrogen-bond acceptors (Lipinski definition) is 10. The minimum absolute atomic E-state index is 0. The average molecular weight is 283 g/mol. The second-order valence-electron chi connectivity index (χ2n) is 1.01. The monoisotopic (exact) mass is 282 g/mol. The maximum atomic E-state index is 9.10. The molecule has 0 spiro atoms. The largest absolute Gasteiger partial charge is 2.00 e. The summed E-state index contributed by atoms with van der Waals surface area (Å²) in [4.78, 5) is 0. The van der Waals surface area contributed by atoms with Gasteiger partial charge in [-0.1, -0.05) is 0 Å². The Morgan fingerprint density at radius 1 is 0.846 bits per heavy atom. The first-order valence-electron chi connectivity index (χ1n) is 1.80. The predicted octanol–water partition coefficient (Wildman–Crippen LogP) is -3.33. The van der Waals surface area contributed by atoms with E-state index in [1.165, 1.54) is 0 Å². The van der Waals surface area contributed by atoms with E-state index in [9.17, 15) is 0 Å². The zero-order valence-corrected chi connectivity index (χ0v) is 8.17. The van der Waals surface area contributed by atoms with Crippen LogP contribution in [0.25, 0.3) is 0 Å². The number of nitrogens with two attached hydrogens (primary N) is 2.